The van der Waals surface area contributed by atoms with Gasteiger partial charge in [-0.25, -0.2) is 4.98 Å². The molecule has 0 bridgehead atoms. The number of nitrogens with one attached hydrogen (secondary N) is 1. The molecule has 1 rings (SSSR count). The van der Waals surface area contributed by atoms with Crippen LogP contribution >= 0.6 is 0 Å². The lowest BCUT2D eigenvalue weighted by atomic mass is 10.2. The molecule has 0 aliphatic heterocycles. The molecule has 4 nitrogen and oxygen atoms in total. The largest absolute Gasteiger partial charge is 0.397 e. The van der Waals surface area contributed by atoms with Crippen LogP contribution in [0.25, 0.3) is 0 Å². The van der Waals surface area contributed by atoms with Crippen LogP contribution in [0.2, 0.25) is 0 Å². The topological polar surface area (TPSA) is 68.0 Å². The molecule has 0 spiro atoms. The van der Waals surface area contributed by atoms with Crippen LogP contribution < -0.4 is 11.1 Å². The lowest BCUT2D eigenvalue weighted by Crippen LogP contribution is -2.20. The van der Waals surface area contributed by atoms with Crippen molar-refractivity contribution >= 4 is 11.6 Å². The second-order valence-electron chi connectivity index (χ2n) is 3.47. The molecule has 0 aliphatic carbocycles. The summed E-state index contributed by atoms with van der Waals surface area (Å²) in [5, 5.41) is 2.67. The normalized spacial score (nSPS) is 9.12. The maximum Gasteiger partial charge on any atom is 0.216 e. The first-order chi connectivity index (χ1) is 7.59. The number of aromatic nitrogens is 1. The van der Waals surface area contributed by atoms with E-state index >= 15 is 0 Å². The Hall–Kier alpha value is -2.02. The van der Waals surface area contributed by atoms with Gasteiger partial charge < -0.3 is 11.1 Å². The van der Waals surface area contributed by atoms with Gasteiger partial charge in [-0.2, -0.15) is 0 Å². The summed E-state index contributed by atoms with van der Waals surface area (Å²) >= 11 is 0. The molecule has 0 unspecified atom stereocenters. The van der Waals surface area contributed by atoms with Crippen LogP contribution in [0.5, 0.6) is 0 Å². The molecule has 0 saturated carbocycles. The number of hydrogen-bond donors (Lipinski definition) is 2. The summed E-state index contributed by atoms with van der Waals surface area (Å²) in [7, 11) is 0. The molecule has 3 N–H and O–H groups in total. The molecule has 16 heavy (non-hydrogen) atoms. The third-order valence-corrected chi connectivity index (χ3v) is 1.93. The Labute approximate surface area is 95.3 Å². The third-order valence-electron chi connectivity index (χ3n) is 1.93. The minimum absolute atomic E-state index is 0.0383. The van der Waals surface area contributed by atoms with Gasteiger partial charge in [0.05, 0.1) is 11.9 Å². The molecule has 4 heteroatoms. The Morgan fingerprint density at radius 1 is 1.62 bits per heavy atom. The quantitative estimate of drug-likeness (QED) is 0.570. The average Bonchev–Trinajstić information content (AvgIpc) is 2.20. The van der Waals surface area contributed by atoms with E-state index in [2.05, 4.69) is 22.1 Å². The summed E-state index contributed by atoms with van der Waals surface area (Å²) in [5.74, 6) is 5.86. The highest BCUT2D eigenvalue weighted by atomic mass is 16.1. The fraction of sp³-hybridized carbons (Fsp3) is 0.333. The first-order valence-electron chi connectivity index (χ1n) is 5.05. The van der Waals surface area contributed by atoms with Gasteiger partial charge >= 0.3 is 0 Å². The van der Waals surface area contributed by atoms with Crippen LogP contribution in [0.15, 0.2) is 12.3 Å². The molecule has 0 aromatic carbocycles. The van der Waals surface area contributed by atoms with Crippen LogP contribution in [0, 0.1) is 18.8 Å². The van der Waals surface area contributed by atoms with Gasteiger partial charge in [0, 0.05) is 19.9 Å². The van der Waals surface area contributed by atoms with E-state index in [4.69, 9.17) is 5.73 Å². The molecule has 0 saturated heterocycles. The number of hydrogen-bond acceptors (Lipinski definition) is 3. The van der Waals surface area contributed by atoms with Gasteiger partial charge in [-0.05, 0) is 24.5 Å². The summed E-state index contributed by atoms with van der Waals surface area (Å²) in [6, 6.07) is 1.84. The highest BCUT2D eigenvalue weighted by Crippen LogP contribution is 2.07. The van der Waals surface area contributed by atoms with Crippen molar-refractivity contribution in [3.05, 3.63) is 23.5 Å². The Kier molecular flexibility index (Phi) is 4.34. The van der Waals surface area contributed by atoms with Crippen molar-refractivity contribution in [1.29, 1.82) is 0 Å². The number of carbonyl (C=O) groups excluding carboxylic acids is 1. The lowest BCUT2D eigenvalue weighted by molar-refractivity contribution is -0.118. The summed E-state index contributed by atoms with van der Waals surface area (Å²) in [4.78, 5) is 14.7. The van der Waals surface area contributed by atoms with E-state index in [1.807, 2.05) is 13.0 Å². The fourth-order valence-electron chi connectivity index (χ4n) is 1.17. The molecule has 1 aromatic rings. The molecular weight excluding hydrogens is 202 g/mol. The molecule has 1 amide bonds. The van der Waals surface area contributed by atoms with E-state index in [0.29, 0.717) is 18.7 Å². The second-order valence-corrected chi connectivity index (χ2v) is 3.47. The first kappa shape index (κ1) is 12.1. The molecule has 0 radical (unpaired) electrons. The van der Waals surface area contributed by atoms with Crippen molar-refractivity contribution in [2.45, 2.75) is 20.3 Å². The van der Waals surface area contributed by atoms with E-state index in [-0.39, 0.29) is 5.91 Å². The van der Waals surface area contributed by atoms with Crippen molar-refractivity contribution in [3.63, 3.8) is 0 Å². The number of carbonyl (C=O) groups is 1. The Morgan fingerprint density at radius 2 is 2.38 bits per heavy atom. The van der Waals surface area contributed by atoms with Gasteiger partial charge in [0.15, 0.2) is 0 Å². The van der Waals surface area contributed by atoms with Gasteiger partial charge in [-0.3, -0.25) is 4.79 Å². The minimum Gasteiger partial charge on any atom is -0.397 e. The van der Waals surface area contributed by atoms with E-state index < -0.39 is 0 Å². The average molecular weight is 217 g/mol. The predicted molar refractivity (Wildman–Crippen MR) is 63.6 cm³/mol. The van der Waals surface area contributed by atoms with Crippen molar-refractivity contribution in [2.24, 2.45) is 0 Å². The monoisotopic (exact) mass is 217 g/mol. The second kappa shape index (κ2) is 5.76. The highest BCUT2D eigenvalue weighted by molar-refractivity contribution is 5.72. The zero-order valence-corrected chi connectivity index (χ0v) is 9.50. The molecule has 1 aromatic heterocycles. The summed E-state index contributed by atoms with van der Waals surface area (Å²) in [5.41, 5.74) is 7.92. The number of anilines is 1. The predicted octanol–water partition coefficient (Wildman–Crippen LogP) is 0.850. The Morgan fingerprint density at radius 3 is 3.00 bits per heavy atom. The van der Waals surface area contributed by atoms with Crippen molar-refractivity contribution in [3.8, 4) is 11.8 Å². The highest BCUT2D eigenvalue weighted by Gasteiger charge is 1.95. The summed E-state index contributed by atoms with van der Waals surface area (Å²) in [6.07, 6.45) is 2.20. The molecule has 84 valence electrons. The van der Waals surface area contributed by atoms with Gasteiger partial charge in [0.1, 0.15) is 5.69 Å². The molecule has 0 fully saturated rings. The van der Waals surface area contributed by atoms with E-state index in [9.17, 15) is 4.79 Å². The number of rotatable bonds is 2. The zero-order valence-electron chi connectivity index (χ0n) is 9.50. The molecule has 0 aliphatic rings. The van der Waals surface area contributed by atoms with Gasteiger partial charge in [-0.15, -0.1) is 0 Å². The van der Waals surface area contributed by atoms with Crippen LogP contribution in [0.3, 0.4) is 0 Å². The standard InChI is InChI=1S/C12H15N3O/c1-9-7-11(13)8-15-12(9)5-3-4-6-14-10(2)16/h7-8H,4,6,13H2,1-2H3,(H,14,16). The van der Waals surface area contributed by atoms with Crippen LogP contribution in [0.1, 0.15) is 24.6 Å². The maximum atomic E-state index is 10.6. The molecule has 1 heterocycles. The van der Waals surface area contributed by atoms with Crippen molar-refractivity contribution < 1.29 is 4.79 Å². The number of aryl methyl sites for hydroxylation is 1. The number of nitrogen functional groups attached to an aromatic ring is 1. The minimum atomic E-state index is -0.0383. The van der Waals surface area contributed by atoms with E-state index in [1.165, 1.54) is 6.92 Å². The third kappa shape index (κ3) is 4.01. The zero-order chi connectivity index (χ0) is 12.0. The van der Waals surface area contributed by atoms with Crippen LogP contribution in [0.4, 0.5) is 5.69 Å². The summed E-state index contributed by atoms with van der Waals surface area (Å²) in [6.45, 7) is 3.97. The number of nitrogens with two attached hydrogens (primary N) is 1. The van der Waals surface area contributed by atoms with E-state index in [1.54, 1.807) is 6.20 Å². The number of amides is 1. The van der Waals surface area contributed by atoms with Gasteiger partial charge in [0.2, 0.25) is 5.91 Å². The van der Waals surface area contributed by atoms with Crippen molar-refractivity contribution in [1.82, 2.24) is 10.3 Å². The Balaban J connectivity index is 2.53. The first-order valence-corrected chi connectivity index (χ1v) is 5.05. The Bertz CT molecular complexity index is 443. The maximum absolute atomic E-state index is 10.6. The fourth-order valence-corrected chi connectivity index (χ4v) is 1.17. The SMILES string of the molecule is CC(=O)NCCC#Cc1ncc(N)cc1C. The number of nitrogens with zero attached hydrogens (tertiary/aromatic N) is 1. The van der Waals surface area contributed by atoms with Crippen LogP contribution in [-0.4, -0.2) is 17.4 Å². The lowest BCUT2D eigenvalue weighted by Gasteiger charge is -1.98. The van der Waals surface area contributed by atoms with Gasteiger partial charge in [-0.1, -0.05) is 5.92 Å². The van der Waals surface area contributed by atoms with E-state index in [0.717, 1.165) is 11.3 Å². The van der Waals surface area contributed by atoms with Gasteiger partial charge in [0.25, 0.3) is 0 Å². The van der Waals surface area contributed by atoms with Crippen molar-refractivity contribution in [2.75, 3.05) is 12.3 Å². The summed E-state index contributed by atoms with van der Waals surface area (Å²) < 4.78 is 0. The van der Waals surface area contributed by atoms with Crippen LogP contribution in [-0.2, 0) is 4.79 Å². The number of pyridine rings is 1. The molecular formula is C12H15N3O. The molecule has 0 atom stereocenters. The smallest absolute Gasteiger partial charge is 0.216 e.